The van der Waals surface area contributed by atoms with E-state index in [1.807, 2.05) is 24.3 Å². The number of nitriles is 1. The Bertz CT molecular complexity index is 372. The van der Waals surface area contributed by atoms with Crippen molar-refractivity contribution < 1.29 is 4.74 Å². The Balaban J connectivity index is 2.00. The Morgan fingerprint density at radius 3 is 2.56 bits per heavy atom. The third-order valence-electron chi connectivity index (χ3n) is 3.14. The smallest absolute Gasteiger partial charge is 0.0991 e. The summed E-state index contributed by atoms with van der Waals surface area (Å²) in [5.74, 6) is 0. The first-order chi connectivity index (χ1) is 7.83. The number of methoxy groups -OCH3 is 1. The highest BCUT2D eigenvalue weighted by Crippen LogP contribution is 2.24. The number of nitrogens with zero attached hydrogens (tertiary/aromatic N) is 1. The molecule has 0 amide bonds. The number of piperidine rings is 1. The van der Waals surface area contributed by atoms with Gasteiger partial charge in [0, 0.05) is 19.7 Å². The average Bonchev–Trinajstić information content (AvgIpc) is 2.39. The van der Waals surface area contributed by atoms with Crippen LogP contribution in [0.5, 0.6) is 0 Å². The summed E-state index contributed by atoms with van der Waals surface area (Å²) in [5, 5.41) is 12.2. The molecule has 0 aliphatic carbocycles. The number of rotatable bonds is 2. The molecular formula is C13H16N2O. The van der Waals surface area contributed by atoms with Gasteiger partial charge >= 0.3 is 0 Å². The van der Waals surface area contributed by atoms with Gasteiger partial charge in [-0.05, 0) is 30.5 Å². The molecule has 1 aromatic carbocycles. The molecule has 84 valence electrons. The zero-order valence-electron chi connectivity index (χ0n) is 9.44. The van der Waals surface area contributed by atoms with Crippen molar-refractivity contribution in [3.05, 3.63) is 35.4 Å². The Kier molecular flexibility index (Phi) is 3.55. The summed E-state index contributed by atoms with van der Waals surface area (Å²) in [6.45, 7) is 0.904. The molecule has 0 aromatic heterocycles. The summed E-state index contributed by atoms with van der Waals surface area (Å²) in [7, 11) is 1.76. The molecule has 1 heterocycles. The fraction of sp³-hybridized carbons (Fsp3) is 0.462. The van der Waals surface area contributed by atoms with E-state index < -0.39 is 0 Å². The van der Waals surface area contributed by atoms with Gasteiger partial charge < -0.3 is 10.1 Å². The van der Waals surface area contributed by atoms with E-state index in [-0.39, 0.29) is 0 Å². The number of ether oxygens (including phenoxy) is 1. The molecule has 0 spiro atoms. The predicted octanol–water partition coefficient (Wildman–Crippen LogP) is 2.00. The van der Waals surface area contributed by atoms with Gasteiger partial charge in [-0.1, -0.05) is 12.1 Å². The fourth-order valence-electron chi connectivity index (χ4n) is 2.11. The Morgan fingerprint density at radius 1 is 1.31 bits per heavy atom. The van der Waals surface area contributed by atoms with Crippen molar-refractivity contribution in [3.8, 4) is 6.07 Å². The van der Waals surface area contributed by atoms with Gasteiger partial charge in [-0.2, -0.15) is 5.26 Å². The second-order valence-electron chi connectivity index (χ2n) is 4.13. The Morgan fingerprint density at radius 2 is 2.06 bits per heavy atom. The quantitative estimate of drug-likeness (QED) is 0.822. The third-order valence-corrected chi connectivity index (χ3v) is 3.14. The second kappa shape index (κ2) is 5.11. The lowest BCUT2D eigenvalue weighted by molar-refractivity contribution is 0.0705. The minimum atomic E-state index is 0.342. The number of hydrogen-bond donors (Lipinski definition) is 1. The van der Waals surface area contributed by atoms with Crippen LogP contribution in [-0.4, -0.2) is 19.8 Å². The van der Waals surface area contributed by atoms with E-state index in [0.29, 0.717) is 17.7 Å². The predicted molar refractivity (Wildman–Crippen MR) is 61.9 cm³/mol. The van der Waals surface area contributed by atoms with Crippen LogP contribution in [0.2, 0.25) is 0 Å². The molecule has 0 saturated carbocycles. The molecule has 3 heteroatoms. The molecule has 1 saturated heterocycles. The van der Waals surface area contributed by atoms with Crippen LogP contribution in [0.25, 0.3) is 0 Å². The van der Waals surface area contributed by atoms with Crippen LogP contribution >= 0.6 is 0 Å². The highest BCUT2D eigenvalue weighted by molar-refractivity contribution is 5.33. The van der Waals surface area contributed by atoms with Crippen LogP contribution in [0.15, 0.2) is 24.3 Å². The maximum atomic E-state index is 8.72. The topological polar surface area (TPSA) is 45.0 Å². The van der Waals surface area contributed by atoms with Crippen LogP contribution in [0, 0.1) is 11.3 Å². The molecule has 0 radical (unpaired) electrons. The Hall–Kier alpha value is -1.37. The number of benzene rings is 1. The van der Waals surface area contributed by atoms with Crippen molar-refractivity contribution in [3.63, 3.8) is 0 Å². The molecule has 16 heavy (non-hydrogen) atoms. The lowest BCUT2D eigenvalue weighted by Crippen LogP contribution is -2.37. The summed E-state index contributed by atoms with van der Waals surface area (Å²) in [4.78, 5) is 0. The lowest BCUT2D eigenvalue weighted by Gasteiger charge is -2.29. The van der Waals surface area contributed by atoms with Gasteiger partial charge in [0.15, 0.2) is 0 Å². The van der Waals surface area contributed by atoms with Gasteiger partial charge in [0.1, 0.15) is 0 Å². The summed E-state index contributed by atoms with van der Waals surface area (Å²) in [6, 6.07) is 10.3. The molecular weight excluding hydrogens is 200 g/mol. The highest BCUT2D eigenvalue weighted by Gasteiger charge is 2.20. The minimum Gasteiger partial charge on any atom is -0.380 e. The summed E-state index contributed by atoms with van der Waals surface area (Å²) >= 11 is 0. The molecule has 1 N–H and O–H groups in total. The summed E-state index contributed by atoms with van der Waals surface area (Å²) < 4.78 is 5.31. The molecule has 2 unspecified atom stereocenters. The summed E-state index contributed by atoms with van der Waals surface area (Å²) in [6.07, 6.45) is 2.52. The van der Waals surface area contributed by atoms with Gasteiger partial charge in [-0.25, -0.2) is 0 Å². The van der Waals surface area contributed by atoms with Crippen LogP contribution in [0.4, 0.5) is 0 Å². The van der Waals surface area contributed by atoms with Gasteiger partial charge in [0.05, 0.1) is 17.7 Å². The summed E-state index contributed by atoms with van der Waals surface area (Å²) in [5.41, 5.74) is 1.97. The monoisotopic (exact) mass is 216 g/mol. The van der Waals surface area contributed by atoms with E-state index in [1.165, 1.54) is 5.56 Å². The zero-order chi connectivity index (χ0) is 11.4. The van der Waals surface area contributed by atoms with Gasteiger partial charge in [-0.15, -0.1) is 0 Å². The van der Waals surface area contributed by atoms with Gasteiger partial charge in [0.2, 0.25) is 0 Å². The maximum Gasteiger partial charge on any atom is 0.0991 e. The third kappa shape index (κ3) is 2.41. The van der Waals surface area contributed by atoms with Crippen molar-refractivity contribution in [2.45, 2.75) is 25.0 Å². The second-order valence-corrected chi connectivity index (χ2v) is 4.13. The van der Waals surface area contributed by atoms with E-state index in [1.54, 1.807) is 7.11 Å². The molecule has 0 bridgehead atoms. The van der Waals surface area contributed by atoms with E-state index in [9.17, 15) is 0 Å². The van der Waals surface area contributed by atoms with Crippen molar-refractivity contribution in [1.82, 2.24) is 5.32 Å². The zero-order valence-corrected chi connectivity index (χ0v) is 9.44. The first-order valence-corrected chi connectivity index (χ1v) is 5.59. The molecule has 1 fully saturated rings. The Labute approximate surface area is 96.0 Å². The van der Waals surface area contributed by atoms with Crippen LogP contribution < -0.4 is 5.32 Å². The first kappa shape index (κ1) is 11.1. The van der Waals surface area contributed by atoms with Crippen molar-refractivity contribution in [1.29, 1.82) is 5.26 Å². The van der Waals surface area contributed by atoms with Crippen LogP contribution in [0.1, 0.15) is 30.0 Å². The first-order valence-electron chi connectivity index (χ1n) is 5.59. The fourth-order valence-corrected chi connectivity index (χ4v) is 2.11. The normalized spacial score (nSPS) is 25.0. The van der Waals surface area contributed by atoms with E-state index in [4.69, 9.17) is 10.00 Å². The van der Waals surface area contributed by atoms with Crippen molar-refractivity contribution in [2.24, 2.45) is 0 Å². The van der Waals surface area contributed by atoms with E-state index >= 15 is 0 Å². The molecule has 2 atom stereocenters. The van der Waals surface area contributed by atoms with Crippen LogP contribution in [-0.2, 0) is 4.74 Å². The number of hydrogen-bond acceptors (Lipinski definition) is 3. The molecule has 2 rings (SSSR count). The average molecular weight is 216 g/mol. The molecule has 1 aromatic rings. The largest absolute Gasteiger partial charge is 0.380 e. The van der Waals surface area contributed by atoms with Crippen molar-refractivity contribution >= 4 is 0 Å². The molecule has 3 nitrogen and oxygen atoms in total. The minimum absolute atomic E-state index is 0.342. The lowest BCUT2D eigenvalue weighted by atomic mass is 9.95. The standard InChI is InChI=1S/C13H16N2O/c1-16-12-6-7-13(15-9-12)11-4-2-10(8-14)3-5-11/h2-5,12-13,15H,6-7,9H2,1H3. The number of nitrogens with one attached hydrogen (secondary N) is 1. The van der Waals surface area contributed by atoms with Crippen LogP contribution in [0.3, 0.4) is 0 Å². The SMILES string of the molecule is COC1CCC(c2ccc(C#N)cc2)NC1. The highest BCUT2D eigenvalue weighted by atomic mass is 16.5. The van der Waals surface area contributed by atoms with Gasteiger partial charge in [-0.3, -0.25) is 0 Å². The maximum absolute atomic E-state index is 8.72. The molecule has 1 aliphatic heterocycles. The van der Waals surface area contributed by atoms with E-state index in [2.05, 4.69) is 11.4 Å². The van der Waals surface area contributed by atoms with Crippen molar-refractivity contribution in [2.75, 3.05) is 13.7 Å². The van der Waals surface area contributed by atoms with E-state index in [0.717, 1.165) is 19.4 Å². The molecule has 1 aliphatic rings. The van der Waals surface area contributed by atoms with Gasteiger partial charge in [0.25, 0.3) is 0 Å².